The smallest absolute Gasteiger partial charge is 0.311 e. The fraction of sp³-hybridized carbons (Fsp3) is 0.533. The molecular formula is C15H20N2O4. The number of carbonyl (C=O) groups is 2. The van der Waals surface area contributed by atoms with Crippen LogP contribution in [-0.4, -0.2) is 28.1 Å². The van der Waals surface area contributed by atoms with E-state index in [1.165, 1.54) is 16.8 Å². The maximum Gasteiger partial charge on any atom is 0.311 e. The number of aromatic nitrogens is 1. The van der Waals surface area contributed by atoms with E-state index in [1.807, 2.05) is 0 Å². The summed E-state index contributed by atoms with van der Waals surface area (Å²) in [6, 6.07) is 2.80. The molecule has 2 N–H and O–H groups in total. The number of nitrogens with zero attached hydrogens (tertiary/aromatic N) is 1. The Kier molecular flexibility index (Phi) is 4.45. The van der Waals surface area contributed by atoms with Crippen LogP contribution in [0.3, 0.4) is 0 Å². The van der Waals surface area contributed by atoms with Gasteiger partial charge in [-0.15, -0.1) is 0 Å². The summed E-state index contributed by atoms with van der Waals surface area (Å²) in [5.74, 6) is -1.26. The number of aryl methyl sites for hydroxylation is 1. The summed E-state index contributed by atoms with van der Waals surface area (Å²) in [6.07, 6.45) is 5.46. The van der Waals surface area contributed by atoms with Crippen molar-refractivity contribution in [3.63, 3.8) is 0 Å². The lowest BCUT2D eigenvalue weighted by molar-refractivity contribution is -0.150. The Morgan fingerprint density at radius 2 is 2.00 bits per heavy atom. The molecule has 0 saturated heterocycles. The van der Waals surface area contributed by atoms with Crippen molar-refractivity contribution in [3.05, 3.63) is 34.2 Å². The molecular weight excluding hydrogens is 272 g/mol. The number of nitrogens with one attached hydrogen (secondary N) is 1. The van der Waals surface area contributed by atoms with Crippen LogP contribution in [0.15, 0.2) is 23.1 Å². The van der Waals surface area contributed by atoms with Gasteiger partial charge in [-0.05, 0) is 18.9 Å². The number of aliphatic carboxylic acids is 1. The molecule has 1 saturated carbocycles. The average Bonchev–Trinajstić information content (AvgIpc) is 2.48. The number of rotatable bonds is 4. The van der Waals surface area contributed by atoms with Crippen LogP contribution in [0.5, 0.6) is 0 Å². The maximum atomic E-state index is 12.1. The largest absolute Gasteiger partial charge is 0.481 e. The zero-order valence-corrected chi connectivity index (χ0v) is 12.1. The van der Waals surface area contributed by atoms with Gasteiger partial charge in [-0.25, -0.2) is 0 Å². The maximum absolute atomic E-state index is 12.1. The molecule has 1 aromatic heterocycles. The van der Waals surface area contributed by atoms with Crippen LogP contribution in [0.4, 0.5) is 0 Å². The van der Waals surface area contributed by atoms with Gasteiger partial charge in [0.05, 0.1) is 5.41 Å². The lowest BCUT2D eigenvalue weighted by Gasteiger charge is -2.33. The molecule has 1 aromatic rings. The topological polar surface area (TPSA) is 88.4 Å². The first-order valence-electron chi connectivity index (χ1n) is 7.13. The number of amides is 1. The Labute approximate surface area is 122 Å². The molecule has 1 aliphatic carbocycles. The van der Waals surface area contributed by atoms with Crippen LogP contribution in [0.1, 0.15) is 42.5 Å². The fourth-order valence-corrected chi connectivity index (χ4v) is 2.74. The fourth-order valence-electron chi connectivity index (χ4n) is 2.74. The van der Waals surface area contributed by atoms with Gasteiger partial charge >= 0.3 is 5.97 Å². The lowest BCUT2D eigenvalue weighted by Crippen LogP contribution is -2.44. The van der Waals surface area contributed by atoms with Crippen LogP contribution >= 0.6 is 0 Å². The molecule has 1 amide bonds. The number of carboxylic acids is 1. The number of carboxylic acid groups (broad SMARTS) is 1. The number of hydrogen-bond donors (Lipinski definition) is 2. The third kappa shape index (κ3) is 3.32. The van der Waals surface area contributed by atoms with E-state index in [9.17, 15) is 19.5 Å². The molecule has 114 valence electrons. The van der Waals surface area contributed by atoms with E-state index in [2.05, 4.69) is 5.32 Å². The molecule has 0 unspecified atom stereocenters. The van der Waals surface area contributed by atoms with Crippen molar-refractivity contribution in [2.24, 2.45) is 12.5 Å². The first-order chi connectivity index (χ1) is 9.94. The van der Waals surface area contributed by atoms with Crippen LogP contribution in [0, 0.1) is 5.41 Å². The number of pyridine rings is 1. The quantitative estimate of drug-likeness (QED) is 0.871. The molecule has 0 radical (unpaired) electrons. The van der Waals surface area contributed by atoms with Crippen molar-refractivity contribution in [1.82, 2.24) is 9.88 Å². The van der Waals surface area contributed by atoms with E-state index in [0.29, 0.717) is 12.8 Å². The molecule has 1 aliphatic rings. The highest BCUT2D eigenvalue weighted by atomic mass is 16.4. The Bertz CT molecular complexity index is 600. The van der Waals surface area contributed by atoms with Crippen molar-refractivity contribution in [1.29, 1.82) is 0 Å². The molecule has 1 heterocycles. The van der Waals surface area contributed by atoms with E-state index in [1.54, 1.807) is 13.1 Å². The average molecular weight is 292 g/mol. The van der Waals surface area contributed by atoms with Gasteiger partial charge in [0.2, 0.25) is 0 Å². The van der Waals surface area contributed by atoms with E-state index in [0.717, 1.165) is 19.3 Å². The second-order valence-corrected chi connectivity index (χ2v) is 5.69. The monoisotopic (exact) mass is 292 g/mol. The molecule has 0 aliphatic heterocycles. The molecule has 2 rings (SSSR count). The molecule has 6 nitrogen and oxygen atoms in total. The van der Waals surface area contributed by atoms with Gasteiger partial charge in [0.1, 0.15) is 0 Å². The van der Waals surface area contributed by atoms with Gasteiger partial charge in [-0.3, -0.25) is 14.4 Å². The SMILES string of the molecule is Cn1ccc(C(=O)NCC2(C(=O)O)CCCCC2)cc1=O. The second kappa shape index (κ2) is 6.11. The van der Waals surface area contributed by atoms with Gasteiger partial charge in [0.25, 0.3) is 11.5 Å². The first-order valence-corrected chi connectivity index (χ1v) is 7.13. The summed E-state index contributed by atoms with van der Waals surface area (Å²) < 4.78 is 1.37. The van der Waals surface area contributed by atoms with Crippen molar-refractivity contribution in [2.75, 3.05) is 6.54 Å². The minimum absolute atomic E-state index is 0.108. The Morgan fingerprint density at radius 1 is 1.33 bits per heavy atom. The molecule has 6 heteroatoms. The second-order valence-electron chi connectivity index (χ2n) is 5.69. The number of hydrogen-bond acceptors (Lipinski definition) is 3. The van der Waals surface area contributed by atoms with Gasteiger partial charge in [-0.1, -0.05) is 19.3 Å². The summed E-state index contributed by atoms with van der Waals surface area (Å²) in [5, 5.41) is 12.1. The Morgan fingerprint density at radius 3 is 2.57 bits per heavy atom. The highest BCUT2D eigenvalue weighted by molar-refractivity contribution is 5.94. The van der Waals surface area contributed by atoms with E-state index >= 15 is 0 Å². The van der Waals surface area contributed by atoms with Gasteiger partial charge < -0.3 is 15.0 Å². The minimum Gasteiger partial charge on any atom is -0.481 e. The van der Waals surface area contributed by atoms with Crippen LogP contribution in [0.25, 0.3) is 0 Å². The summed E-state index contributed by atoms with van der Waals surface area (Å²) in [4.78, 5) is 35.1. The van der Waals surface area contributed by atoms with Crippen molar-refractivity contribution in [2.45, 2.75) is 32.1 Å². The predicted molar refractivity (Wildman–Crippen MR) is 77.2 cm³/mol. The van der Waals surface area contributed by atoms with E-state index in [-0.39, 0.29) is 17.7 Å². The minimum atomic E-state index is -0.867. The van der Waals surface area contributed by atoms with Gasteiger partial charge in [0.15, 0.2) is 0 Å². The van der Waals surface area contributed by atoms with Crippen molar-refractivity contribution < 1.29 is 14.7 Å². The third-order valence-electron chi connectivity index (χ3n) is 4.22. The first kappa shape index (κ1) is 15.3. The molecule has 0 spiro atoms. The molecule has 0 aromatic carbocycles. The molecule has 1 fully saturated rings. The van der Waals surface area contributed by atoms with Gasteiger partial charge in [-0.2, -0.15) is 0 Å². The van der Waals surface area contributed by atoms with E-state index < -0.39 is 17.3 Å². The van der Waals surface area contributed by atoms with E-state index in [4.69, 9.17) is 0 Å². The van der Waals surface area contributed by atoms with Crippen molar-refractivity contribution in [3.8, 4) is 0 Å². The van der Waals surface area contributed by atoms with Crippen LogP contribution < -0.4 is 10.9 Å². The summed E-state index contributed by atoms with van der Waals surface area (Å²) in [5.41, 5.74) is -0.879. The summed E-state index contributed by atoms with van der Waals surface area (Å²) in [7, 11) is 1.60. The summed E-state index contributed by atoms with van der Waals surface area (Å²) in [6.45, 7) is 0.108. The molecule has 0 atom stereocenters. The Hall–Kier alpha value is -2.11. The molecule has 0 bridgehead atoms. The van der Waals surface area contributed by atoms with Crippen molar-refractivity contribution >= 4 is 11.9 Å². The Balaban J connectivity index is 2.06. The molecule has 21 heavy (non-hydrogen) atoms. The number of carbonyl (C=O) groups excluding carboxylic acids is 1. The lowest BCUT2D eigenvalue weighted by atomic mass is 9.74. The highest BCUT2D eigenvalue weighted by Gasteiger charge is 2.39. The predicted octanol–water partition coefficient (Wildman–Crippen LogP) is 1.15. The highest BCUT2D eigenvalue weighted by Crippen LogP contribution is 2.36. The van der Waals surface area contributed by atoms with Crippen LogP contribution in [0.2, 0.25) is 0 Å². The van der Waals surface area contributed by atoms with Crippen LogP contribution in [-0.2, 0) is 11.8 Å². The summed E-state index contributed by atoms with van der Waals surface area (Å²) >= 11 is 0. The standard InChI is InChI=1S/C15H20N2O4/c1-17-8-5-11(9-12(17)18)13(19)16-10-15(14(20)21)6-3-2-4-7-15/h5,8-9H,2-4,6-7,10H2,1H3,(H,16,19)(H,20,21). The third-order valence-corrected chi connectivity index (χ3v) is 4.22. The zero-order valence-electron chi connectivity index (χ0n) is 12.1. The normalized spacial score (nSPS) is 17.2. The zero-order chi connectivity index (χ0) is 15.5. The van der Waals surface area contributed by atoms with Gasteiger partial charge in [0, 0.05) is 31.4 Å².